The van der Waals surface area contributed by atoms with Crippen molar-refractivity contribution in [1.29, 1.82) is 0 Å². The number of hydrogen-bond donors (Lipinski definition) is 1. The number of benzene rings is 2. The van der Waals surface area contributed by atoms with Crippen LogP contribution >= 0.6 is 23.5 Å². The maximum absolute atomic E-state index is 5.28. The zero-order valence-corrected chi connectivity index (χ0v) is 18.6. The van der Waals surface area contributed by atoms with Crippen molar-refractivity contribution in [2.45, 2.75) is 35.1 Å². The third-order valence-corrected chi connectivity index (χ3v) is 6.77. The molecule has 4 aromatic rings. The summed E-state index contributed by atoms with van der Waals surface area (Å²) in [7, 11) is 1.67. The predicted octanol–water partition coefficient (Wildman–Crippen LogP) is 6.37. The molecule has 4 rings (SSSR count). The van der Waals surface area contributed by atoms with Gasteiger partial charge in [-0.15, -0.1) is 11.8 Å². The molecule has 0 radical (unpaired) electrons. The summed E-state index contributed by atoms with van der Waals surface area (Å²) in [5.74, 6) is 2.76. The first-order valence-corrected chi connectivity index (χ1v) is 12.1. The molecule has 2 heterocycles. The fraction of sp³-hybridized carbons (Fsp3) is 0.250. The number of H-pyrrole nitrogens is 1. The number of ether oxygens (including phenoxy) is 1. The Bertz CT molecular complexity index is 1080. The van der Waals surface area contributed by atoms with Gasteiger partial charge < -0.3 is 9.72 Å². The van der Waals surface area contributed by atoms with E-state index >= 15 is 0 Å². The van der Waals surface area contributed by atoms with Gasteiger partial charge in [0.05, 0.1) is 23.8 Å². The Morgan fingerprint density at radius 2 is 1.87 bits per heavy atom. The number of nitrogens with one attached hydrogen (secondary N) is 1. The van der Waals surface area contributed by atoms with Crippen molar-refractivity contribution >= 4 is 34.6 Å². The van der Waals surface area contributed by atoms with Crippen molar-refractivity contribution in [3.8, 4) is 5.75 Å². The van der Waals surface area contributed by atoms with E-state index in [4.69, 9.17) is 4.74 Å². The van der Waals surface area contributed by atoms with Crippen LogP contribution in [0.15, 0.2) is 76.9 Å². The molecule has 154 valence electrons. The number of hydrogen-bond acceptors (Lipinski definition) is 5. The van der Waals surface area contributed by atoms with E-state index in [0.717, 1.165) is 45.6 Å². The summed E-state index contributed by atoms with van der Waals surface area (Å²) in [6.45, 7) is 0. The smallest absolute Gasteiger partial charge is 0.166 e. The highest BCUT2D eigenvalue weighted by atomic mass is 32.2. The molecule has 2 aromatic heterocycles. The molecule has 0 aliphatic heterocycles. The van der Waals surface area contributed by atoms with Gasteiger partial charge in [0.25, 0.3) is 0 Å². The first-order chi connectivity index (χ1) is 14.8. The van der Waals surface area contributed by atoms with Crippen LogP contribution in [0.4, 0.5) is 0 Å². The van der Waals surface area contributed by atoms with Gasteiger partial charge in [0.15, 0.2) is 5.16 Å². The quantitative estimate of drug-likeness (QED) is 0.232. The maximum atomic E-state index is 5.28. The molecule has 0 spiro atoms. The number of aromatic amines is 1. The fourth-order valence-electron chi connectivity index (χ4n) is 3.19. The molecule has 2 aromatic carbocycles. The van der Waals surface area contributed by atoms with E-state index in [0.29, 0.717) is 0 Å². The van der Waals surface area contributed by atoms with Gasteiger partial charge >= 0.3 is 0 Å². The molecule has 1 N–H and O–H groups in total. The monoisotopic (exact) mass is 435 g/mol. The number of aryl methyl sites for hydroxylation is 1. The number of imidazole rings is 1. The van der Waals surface area contributed by atoms with Gasteiger partial charge in [0, 0.05) is 22.9 Å². The molecule has 4 nitrogen and oxygen atoms in total. The van der Waals surface area contributed by atoms with Crippen molar-refractivity contribution in [3.63, 3.8) is 0 Å². The molecule has 0 atom stereocenters. The molecular formula is C24H25N3OS2. The molecule has 0 unspecified atom stereocenters. The van der Waals surface area contributed by atoms with Crippen LogP contribution in [0.5, 0.6) is 5.75 Å². The second-order valence-corrected chi connectivity index (χ2v) is 9.12. The van der Waals surface area contributed by atoms with Crippen LogP contribution in [0.2, 0.25) is 0 Å². The van der Waals surface area contributed by atoms with Crippen LogP contribution in [0, 0.1) is 0 Å². The first kappa shape index (κ1) is 20.8. The van der Waals surface area contributed by atoms with Gasteiger partial charge in [-0.2, -0.15) is 0 Å². The molecule has 30 heavy (non-hydrogen) atoms. The highest BCUT2D eigenvalue weighted by Gasteiger charge is 2.06. The lowest BCUT2D eigenvalue weighted by molar-refractivity contribution is 0.415. The Balaban J connectivity index is 1.25. The van der Waals surface area contributed by atoms with Crippen LogP contribution in [-0.4, -0.2) is 27.8 Å². The number of pyridine rings is 1. The summed E-state index contributed by atoms with van der Waals surface area (Å²) >= 11 is 3.58. The van der Waals surface area contributed by atoms with Crippen molar-refractivity contribution in [3.05, 3.63) is 78.1 Å². The number of rotatable bonds is 10. The van der Waals surface area contributed by atoms with E-state index in [9.17, 15) is 0 Å². The largest absolute Gasteiger partial charge is 0.497 e. The minimum absolute atomic E-state index is 0.791. The van der Waals surface area contributed by atoms with Crippen LogP contribution in [-0.2, 0) is 12.2 Å². The Kier molecular flexibility index (Phi) is 7.32. The van der Waals surface area contributed by atoms with Crippen molar-refractivity contribution in [2.75, 3.05) is 12.9 Å². The number of fused-ring (bicyclic) bond motifs is 1. The first-order valence-electron chi connectivity index (χ1n) is 10.1. The molecule has 0 bridgehead atoms. The molecule has 0 aliphatic rings. The Morgan fingerprint density at radius 1 is 0.967 bits per heavy atom. The molecule has 0 saturated carbocycles. The average Bonchev–Trinajstić information content (AvgIpc) is 3.20. The van der Waals surface area contributed by atoms with Gasteiger partial charge in [0.2, 0.25) is 0 Å². The van der Waals surface area contributed by atoms with Crippen LogP contribution in [0.3, 0.4) is 0 Å². The molecule has 6 heteroatoms. The van der Waals surface area contributed by atoms with Crippen LogP contribution < -0.4 is 4.74 Å². The Labute approximate surface area is 185 Å². The highest BCUT2D eigenvalue weighted by molar-refractivity contribution is 7.99. The van der Waals surface area contributed by atoms with Gasteiger partial charge in [-0.25, -0.2) is 4.98 Å². The van der Waals surface area contributed by atoms with Crippen molar-refractivity contribution in [2.24, 2.45) is 0 Å². The topological polar surface area (TPSA) is 50.8 Å². The second-order valence-electron chi connectivity index (χ2n) is 6.99. The van der Waals surface area contributed by atoms with E-state index in [-0.39, 0.29) is 0 Å². The summed E-state index contributed by atoms with van der Waals surface area (Å²) in [6, 6.07) is 20.9. The van der Waals surface area contributed by atoms with Crippen LogP contribution in [0.25, 0.3) is 11.0 Å². The Hall–Kier alpha value is -2.44. The number of nitrogens with zero attached hydrogens (tertiary/aromatic N) is 2. The SMILES string of the molecule is COc1ccc2nc(SCc3cc(SCCCCc4ccccc4)ccn3)[nH]c2c1. The van der Waals surface area contributed by atoms with Gasteiger partial charge in [-0.1, -0.05) is 42.1 Å². The molecule has 0 amide bonds. The summed E-state index contributed by atoms with van der Waals surface area (Å²) in [5, 5.41) is 0.902. The molecule has 0 saturated heterocycles. The third kappa shape index (κ3) is 5.80. The van der Waals surface area contributed by atoms with E-state index in [1.165, 1.54) is 23.3 Å². The van der Waals surface area contributed by atoms with Crippen molar-refractivity contribution < 1.29 is 4.74 Å². The van der Waals surface area contributed by atoms with E-state index < -0.39 is 0 Å². The number of aromatic nitrogens is 3. The van der Waals surface area contributed by atoms with E-state index in [2.05, 4.69) is 57.4 Å². The normalized spacial score (nSPS) is 11.1. The zero-order valence-electron chi connectivity index (χ0n) is 17.0. The summed E-state index contributed by atoms with van der Waals surface area (Å²) in [4.78, 5) is 13.8. The fourth-order valence-corrected chi connectivity index (χ4v) is 4.94. The standard InChI is InChI=1S/C24H25N3OS2/c1-28-20-10-11-22-23(16-20)27-24(26-22)30-17-19-15-21(12-13-25-19)29-14-6-5-9-18-7-3-2-4-8-18/h2-4,7-8,10-13,15-16H,5-6,9,14,17H2,1H3,(H,26,27). The molecular weight excluding hydrogens is 410 g/mol. The summed E-state index contributed by atoms with van der Waals surface area (Å²) in [5.41, 5.74) is 4.44. The maximum Gasteiger partial charge on any atom is 0.166 e. The minimum atomic E-state index is 0.791. The third-order valence-electron chi connectivity index (χ3n) is 4.78. The van der Waals surface area contributed by atoms with E-state index in [1.807, 2.05) is 36.2 Å². The lowest BCUT2D eigenvalue weighted by atomic mass is 10.1. The van der Waals surface area contributed by atoms with Gasteiger partial charge in [-0.05, 0) is 54.8 Å². The Morgan fingerprint density at radius 3 is 2.73 bits per heavy atom. The number of thioether (sulfide) groups is 2. The molecule has 0 aliphatic carbocycles. The minimum Gasteiger partial charge on any atom is -0.497 e. The van der Waals surface area contributed by atoms with Crippen molar-refractivity contribution in [1.82, 2.24) is 15.0 Å². The average molecular weight is 436 g/mol. The summed E-state index contributed by atoms with van der Waals surface area (Å²) in [6.07, 6.45) is 5.50. The van der Waals surface area contributed by atoms with E-state index in [1.54, 1.807) is 18.9 Å². The lowest BCUT2D eigenvalue weighted by Crippen LogP contribution is -1.90. The number of unbranched alkanes of at least 4 members (excludes halogenated alkanes) is 1. The van der Waals surface area contributed by atoms with Gasteiger partial charge in [0.1, 0.15) is 5.75 Å². The summed E-state index contributed by atoms with van der Waals surface area (Å²) < 4.78 is 5.28. The van der Waals surface area contributed by atoms with Crippen LogP contribution in [0.1, 0.15) is 24.1 Å². The predicted molar refractivity (Wildman–Crippen MR) is 127 cm³/mol. The second kappa shape index (κ2) is 10.5. The number of methoxy groups -OCH3 is 1. The lowest BCUT2D eigenvalue weighted by Gasteiger charge is -2.05. The zero-order chi connectivity index (χ0) is 20.6. The van der Waals surface area contributed by atoms with Gasteiger partial charge in [-0.3, -0.25) is 4.98 Å². The molecule has 0 fully saturated rings. The highest BCUT2D eigenvalue weighted by Crippen LogP contribution is 2.26.